The molecule has 6 nitrogen and oxygen atoms in total. The van der Waals surface area contributed by atoms with E-state index < -0.39 is 9.84 Å². The first-order valence-electron chi connectivity index (χ1n) is 10.5. The molecule has 1 amide bonds. The lowest BCUT2D eigenvalue weighted by atomic mass is 10.2. The summed E-state index contributed by atoms with van der Waals surface area (Å²) in [4.78, 5) is 19.7. The topological polar surface area (TPSA) is 76.6 Å². The van der Waals surface area contributed by atoms with E-state index >= 15 is 0 Å². The van der Waals surface area contributed by atoms with Crippen LogP contribution in [-0.2, 0) is 19.4 Å². The Bertz CT molecular complexity index is 1230. The van der Waals surface area contributed by atoms with Crippen LogP contribution in [0.3, 0.4) is 0 Å². The second-order valence-electron chi connectivity index (χ2n) is 8.04. The van der Waals surface area contributed by atoms with Crippen LogP contribution in [0.4, 0.5) is 5.13 Å². The van der Waals surface area contributed by atoms with E-state index in [2.05, 4.69) is 4.98 Å². The zero-order valence-electron chi connectivity index (χ0n) is 18.0. The van der Waals surface area contributed by atoms with Gasteiger partial charge in [0.1, 0.15) is 0 Å². The Morgan fingerprint density at radius 2 is 1.97 bits per heavy atom. The Balaban J connectivity index is 1.58. The van der Waals surface area contributed by atoms with Crippen molar-refractivity contribution in [1.82, 2.24) is 4.98 Å². The molecule has 0 aliphatic carbocycles. The highest BCUT2D eigenvalue weighted by molar-refractivity contribution is 7.91. The molecule has 0 radical (unpaired) electrons. The minimum Gasteiger partial charge on any atom is -0.376 e. The van der Waals surface area contributed by atoms with Gasteiger partial charge in [-0.25, -0.2) is 13.4 Å². The Morgan fingerprint density at radius 1 is 1.22 bits per heavy atom. The van der Waals surface area contributed by atoms with Crippen molar-refractivity contribution in [3.63, 3.8) is 0 Å². The maximum absolute atomic E-state index is 13.2. The summed E-state index contributed by atoms with van der Waals surface area (Å²) in [6.45, 7) is 4.82. The molecule has 1 fully saturated rings. The normalized spacial score (nSPS) is 16.5. The Kier molecular flexibility index (Phi) is 6.86. The molecule has 3 aromatic rings. The van der Waals surface area contributed by atoms with Crippen LogP contribution in [-0.4, -0.2) is 44.3 Å². The molecule has 0 saturated carbocycles. The van der Waals surface area contributed by atoms with E-state index in [9.17, 15) is 13.2 Å². The molecule has 9 heteroatoms. The van der Waals surface area contributed by atoms with Crippen LogP contribution < -0.4 is 4.90 Å². The highest BCUT2D eigenvalue weighted by Crippen LogP contribution is 2.34. The fraction of sp³-hybridized carbons (Fsp3) is 0.391. The zero-order valence-corrected chi connectivity index (χ0v) is 20.4. The molecule has 0 spiro atoms. The molecule has 1 saturated heterocycles. The van der Waals surface area contributed by atoms with Gasteiger partial charge in [-0.15, -0.1) is 0 Å². The van der Waals surface area contributed by atoms with Gasteiger partial charge in [0.25, 0.3) is 0 Å². The van der Waals surface area contributed by atoms with Gasteiger partial charge in [-0.2, -0.15) is 0 Å². The van der Waals surface area contributed by atoms with Crippen LogP contribution >= 0.6 is 22.9 Å². The first-order chi connectivity index (χ1) is 15.2. The number of carbonyl (C=O) groups excluding carboxylic acids is 1. The van der Waals surface area contributed by atoms with Gasteiger partial charge in [-0.3, -0.25) is 9.69 Å². The fourth-order valence-corrected chi connectivity index (χ4v) is 6.14. The minimum atomic E-state index is -3.57. The first kappa shape index (κ1) is 23.2. The lowest BCUT2D eigenvalue weighted by molar-refractivity contribution is -0.118. The van der Waals surface area contributed by atoms with E-state index in [0.29, 0.717) is 23.3 Å². The number of hydrogen-bond donors (Lipinski definition) is 0. The Labute approximate surface area is 197 Å². The average molecular weight is 493 g/mol. The van der Waals surface area contributed by atoms with Crippen molar-refractivity contribution in [3.05, 3.63) is 52.5 Å². The number of fused-ring (bicyclic) bond motifs is 1. The number of ether oxygens (including phenoxy) is 1. The maximum atomic E-state index is 13.2. The molecule has 1 aliphatic heterocycles. The van der Waals surface area contributed by atoms with Gasteiger partial charge in [0.05, 0.1) is 33.5 Å². The second kappa shape index (κ2) is 9.47. The number of amides is 1. The second-order valence-corrected chi connectivity index (χ2v) is 11.6. The van der Waals surface area contributed by atoms with Crippen LogP contribution in [0.1, 0.15) is 30.4 Å². The summed E-state index contributed by atoms with van der Waals surface area (Å²) in [5, 5.41) is 1.16. The van der Waals surface area contributed by atoms with Gasteiger partial charge in [-0.1, -0.05) is 40.6 Å². The van der Waals surface area contributed by atoms with Gasteiger partial charge < -0.3 is 4.74 Å². The molecule has 170 valence electrons. The van der Waals surface area contributed by atoms with E-state index in [1.54, 1.807) is 29.2 Å². The van der Waals surface area contributed by atoms with Gasteiger partial charge in [0.15, 0.2) is 15.0 Å². The number of anilines is 1. The Hall–Kier alpha value is -2.00. The predicted octanol–water partition coefficient (Wildman–Crippen LogP) is 4.94. The average Bonchev–Trinajstić information content (AvgIpc) is 3.43. The summed E-state index contributed by atoms with van der Waals surface area (Å²) >= 11 is 7.64. The van der Waals surface area contributed by atoms with Crippen molar-refractivity contribution in [2.45, 2.75) is 44.1 Å². The van der Waals surface area contributed by atoms with Crippen molar-refractivity contribution in [1.29, 1.82) is 0 Å². The van der Waals surface area contributed by atoms with Crippen LogP contribution in [0.5, 0.6) is 0 Å². The molecule has 1 atom stereocenters. The molecule has 1 unspecified atom stereocenters. The molecule has 1 aromatic heterocycles. The lowest BCUT2D eigenvalue weighted by Gasteiger charge is -2.23. The Morgan fingerprint density at radius 3 is 2.66 bits per heavy atom. The van der Waals surface area contributed by atoms with Crippen LogP contribution in [0.25, 0.3) is 10.2 Å². The monoisotopic (exact) mass is 492 g/mol. The molecule has 2 heterocycles. The highest BCUT2D eigenvalue weighted by atomic mass is 35.5. The molecule has 2 aromatic carbocycles. The standard InChI is InChI=1S/C23H25ClN2O4S2/c1-15-5-7-18(8-6-15)32(28,29)13-11-21(27)26(14-17-4-3-12-30-17)23-25-22-16(2)19(24)9-10-20(22)31-23/h5-10,17H,3-4,11-14H2,1-2H3. The van der Waals surface area contributed by atoms with Crippen LogP contribution in [0.15, 0.2) is 41.3 Å². The van der Waals surface area contributed by atoms with E-state index in [-0.39, 0.29) is 29.1 Å². The van der Waals surface area contributed by atoms with Crippen molar-refractivity contribution in [3.8, 4) is 0 Å². The van der Waals surface area contributed by atoms with Gasteiger partial charge in [0.2, 0.25) is 5.91 Å². The quantitative estimate of drug-likeness (QED) is 0.466. The van der Waals surface area contributed by atoms with Crippen LogP contribution in [0.2, 0.25) is 5.02 Å². The number of benzene rings is 2. The number of hydrogen-bond acceptors (Lipinski definition) is 6. The van der Waals surface area contributed by atoms with E-state index in [1.807, 2.05) is 26.0 Å². The third-order valence-corrected chi connectivity index (χ3v) is 8.83. The smallest absolute Gasteiger partial charge is 0.229 e. The fourth-order valence-electron chi connectivity index (χ4n) is 3.70. The number of nitrogens with zero attached hydrogens (tertiary/aromatic N) is 2. The van der Waals surface area contributed by atoms with E-state index in [0.717, 1.165) is 34.2 Å². The summed E-state index contributed by atoms with van der Waals surface area (Å²) in [6, 6.07) is 10.4. The van der Waals surface area contributed by atoms with Gasteiger partial charge >= 0.3 is 0 Å². The van der Waals surface area contributed by atoms with Crippen LogP contribution in [0, 0.1) is 13.8 Å². The van der Waals surface area contributed by atoms with Gasteiger partial charge in [-0.05, 0) is 56.5 Å². The number of halogens is 1. The summed E-state index contributed by atoms with van der Waals surface area (Å²) in [6.07, 6.45) is 1.60. The first-order valence-corrected chi connectivity index (χ1v) is 13.4. The van der Waals surface area contributed by atoms with E-state index in [1.165, 1.54) is 11.3 Å². The number of aromatic nitrogens is 1. The predicted molar refractivity (Wildman–Crippen MR) is 129 cm³/mol. The summed E-state index contributed by atoms with van der Waals surface area (Å²) in [5.74, 6) is -0.536. The summed E-state index contributed by atoms with van der Waals surface area (Å²) in [5.41, 5.74) is 2.60. The van der Waals surface area contributed by atoms with Gasteiger partial charge in [0, 0.05) is 18.1 Å². The molecule has 4 rings (SSSR count). The number of aryl methyl sites for hydroxylation is 2. The number of rotatable bonds is 7. The third kappa shape index (κ3) is 4.98. The van der Waals surface area contributed by atoms with Crippen molar-refractivity contribution in [2.75, 3.05) is 23.8 Å². The van der Waals surface area contributed by atoms with Crippen molar-refractivity contribution >= 4 is 54.0 Å². The lowest BCUT2D eigenvalue weighted by Crippen LogP contribution is -2.38. The molecule has 0 N–H and O–H groups in total. The largest absolute Gasteiger partial charge is 0.376 e. The highest BCUT2D eigenvalue weighted by Gasteiger charge is 2.28. The molecule has 1 aliphatic rings. The van der Waals surface area contributed by atoms with E-state index in [4.69, 9.17) is 16.3 Å². The number of carbonyl (C=O) groups is 1. The van der Waals surface area contributed by atoms with Crippen molar-refractivity contribution < 1.29 is 17.9 Å². The molecule has 32 heavy (non-hydrogen) atoms. The molecular formula is C23H25ClN2O4S2. The maximum Gasteiger partial charge on any atom is 0.229 e. The molecular weight excluding hydrogens is 468 g/mol. The number of sulfone groups is 1. The minimum absolute atomic E-state index is 0.0793. The number of thiazole rings is 1. The summed E-state index contributed by atoms with van der Waals surface area (Å²) in [7, 11) is -3.57. The SMILES string of the molecule is Cc1ccc(S(=O)(=O)CCC(=O)N(CC2CCCO2)c2nc3c(C)c(Cl)ccc3s2)cc1. The molecule has 0 bridgehead atoms. The van der Waals surface area contributed by atoms with Crippen molar-refractivity contribution in [2.24, 2.45) is 0 Å². The zero-order chi connectivity index (χ0) is 22.9. The third-order valence-electron chi connectivity index (χ3n) is 5.64. The summed E-state index contributed by atoms with van der Waals surface area (Å²) < 4.78 is 32.2.